The fourth-order valence-electron chi connectivity index (χ4n) is 2.86. The number of benzene rings is 1. The fourth-order valence-corrected chi connectivity index (χ4v) is 2.86. The predicted molar refractivity (Wildman–Crippen MR) is 85.0 cm³/mol. The van der Waals surface area contributed by atoms with Gasteiger partial charge < -0.3 is 16.0 Å². The number of nitrogens with one attached hydrogen (secondary N) is 1. The molecule has 118 valence electrons. The summed E-state index contributed by atoms with van der Waals surface area (Å²) in [7, 11) is 0. The molecule has 1 aliphatic carbocycles. The van der Waals surface area contributed by atoms with E-state index in [0.29, 0.717) is 12.1 Å². The van der Waals surface area contributed by atoms with E-state index in [0.717, 1.165) is 44.3 Å². The standard InChI is InChI=1S/C17H23N3O2/c18-14-5-1-12(2-6-14)11-16(21)20-9-7-15(8-10-20)19-17(22)13-3-4-13/h1-2,5-6,13,15H,3-4,7-11,18H2,(H,19,22). The molecule has 1 heterocycles. The summed E-state index contributed by atoms with van der Waals surface area (Å²) in [5.41, 5.74) is 7.35. The average Bonchev–Trinajstić information content (AvgIpc) is 3.35. The van der Waals surface area contributed by atoms with E-state index in [2.05, 4.69) is 5.32 Å². The number of nitrogens with zero attached hydrogens (tertiary/aromatic N) is 1. The summed E-state index contributed by atoms with van der Waals surface area (Å²) in [4.78, 5) is 26.0. The van der Waals surface area contributed by atoms with Crippen molar-refractivity contribution < 1.29 is 9.59 Å². The first-order valence-corrected chi connectivity index (χ1v) is 8.04. The molecule has 0 bridgehead atoms. The zero-order chi connectivity index (χ0) is 15.5. The molecule has 1 saturated carbocycles. The van der Waals surface area contributed by atoms with E-state index < -0.39 is 0 Å². The van der Waals surface area contributed by atoms with Crippen LogP contribution >= 0.6 is 0 Å². The van der Waals surface area contributed by atoms with Crippen LogP contribution in [-0.2, 0) is 16.0 Å². The van der Waals surface area contributed by atoms with E-state index in [4.69, 9.17) is 5.73 Å². The lowest BCUT2D eigenvalue weighted by molar-refractivity contribution is -0.131. The third-order valence-corrected chi connectivity index (χ3v) is 4.48. The van der Waals surface area contributed by atoms with E-state index in [1.807, 2.05) is 29.2 Å². The van der Waals surface area contributed by atoms with E-state index in [1.54, 1.807) is 0 Å². The van der Waals surface area contributed by atoms with E-state index in [1.165, 1.54) is 0 Å². The molecule has 5 heteroatoms. The summed E-state index contributed by atoms with van der Waals surface area (Å²) in [5, 5.41) is 3.11. The van der Waals surface area contributed by atoms with Crippen LogP contribution in [0.15, 0.2) is 24.3 Å². The van der Waals surface area contributed by atoms with Gasteiger partial charge in [-0.05, 0) is 43.4 Å². The normalized spacial score (nSPS) is 19.0. The van der Waals surface area contributed by atoms with Crippen LogP contribution in [0.4, 0.5) is 5.69 Å². The van der Waals surface area contributed by atoms with Crippen LogP contribution in [0, 0.1) is 5.92 Å². The Morgan fingerprint density at radius 1 is 1.09 bits per heavy atom. The second-order valence-electron chi connectivity index (χ2n) is 6.36. The summed E-state index contributed by atoms with van der Waals surface area (Å²) in [6, 6.07) is 7.67. The van der Waals surface area contributed by atoms with Crippen LogP contribution < -0.4 is 11.1 Å². The lowest BCUT2D eigenvalue weighted by Crippen LogP contribution is -2.47. The number of likely N-dealkylation sites (tertiary alicyclic amines) is 1. The largest absolute Gasteiger partial charge is 0.399 e. The van der Waals surface area contributed by atoms with E-state index >= 15 is 0 Å². The highest BCUT2D eigenvalue weighted by Crippen LogP contribution is 2.29. The molecule has 1 aromatic carbocycles. The first kappa shape index (κ1) is 14.9. The number of hydrogen-bond donors (Lipinski definition) is 2. The summed E-state index contributed by atoms with van der Waals surface area (Å²) in [6.45, 7) is 1.45. The quantitative estimate of drug-likeness (QED) is 0.824. The van der Waals surface area contributed by atoms with Crippen molar-refractivity contribution in [3.63, 3.8) is 0 Å². The number of nitrogens with two attached hydrogens (primary N) is 1. The molecule has 2 fully saturated rings. The number of carbonyl (C=O) groups is 2. The van der Waals surface area contributed by atoms with Crippen LogP contribution in [0.5, 0.6) is 0 Å². The van der Waals surface area contributed by atoms with Gasteiger partial charge in [-0.25, -0.2) is 0 Å². The van der Waals surface area contributed by atoms with Crippen molar-refractivity contribution in [2.75, 3.05) is 18.8 Å². The Balaban J connectivity index is 1.45. The molecule has 2 amide bonds. The fraction of sp³-hybridized carbons (Fsp3) is 0.529. The number of nitrogen functional groups attached to an aromatic ring is 1. The number of carbonyl (C=O) groups excluding carboxylic acids is 2. The monoisotopic (exact) mass is 301 g/mol. The lowest BCUT2D eigenvalue weighted by atomic mass is 10.0. The van der Waals surface area contributed by atoms with Gasteiger partial charge in [-0.3, -0.25) is 9.59 Å². The maximum Gasteiger partial charge on any atom is 0.226 e. The first-order valence-electron chi connectivity index (χ1n) is 8.04. The van der Waals surface area contributed by atoms with Gasteiger partial charge in [0.1, 0.15) is 0 Å². The van der Waals surface area contributed by atoms with Gasteiger partial charge >= 0.3 is 0 Å². The Kier molecular flexibility index (Phi) is 4.32. The summed E-state index contributed by atoms with van der Waals surface area (Å²) in [5.74, 6) is 0.605. The van der Waals surface area contributed by atoms with Gasteiger partial charge in [0.15, 0.2) is 0 Å². The van der Waals surface area contributed by atoms with Gasteiger partial charge in [-0.2, -0.15) is 0 Å². The van der Waals surface area contributed by atoms with Crippen LogP contribution in [0.25, 0.3) is 0 Å². The molecule has 1 aromatic rings. The maximum absolute atomic E-state index is 12.3. The predicted octanol–water partition coefficient (Wildman–Crippen LogP) is 1.33. The number of amides is 2. The molecule has 0 atom stereocenters. The van der Waals surface area contributed by atoms with Crippen molar-refractivity contribution >= 4 is 17.5 Å². The molecule has 22 heavy (non-hydrogen) atoms. The lowest BCUT2D eigenvalue weighted by Gasteiger charge is -2.32. The summed E-state index contributed by atoms with van der Waals surface area (Å²) in [6.07, 6.45) is 4.19. The Morgan fingerprint density at radius 3 is 2.32 bits per heavy atom. The molecule has 3 N–H and O–H groups in total. The minimum absolute atomic E-state index is 0.150. The first-order chi connectivity index (χ1) is 10.6. The molecule has 0 spiro atoms. The Hall–Kier alpha value is -2.04. The molecule has 2 aliphatic rings. The van der Waals surface area contributed by atoms with Crippen molar-refractivity contribution in [3.05, 3.63) is 29.8 Å². The van der Waals surface area contributed by atoms with Gasteiger partial charge in [-0.1, -0.05) is 12.1 Å². The third-order valence-electron chi connectivity index (χ3n) is 4.48. The third kappa shape index (κ3) is 3.78. The maximum atomic E-state index is 12.3. The van der Waals surface area contributed by atoms with Gasteiger partial charge in [0.25, 0.3) is 0 Å². The zero-order valence-electron chi connectivity index (χ0n) is 12.8. The minimum atomic E-state index is 0.150. The van der Waals surface area contributed by atoms with Gasteiger partial charge in [0, 0.05) is 30.7 Å². The average molecular weight is 301 g/mol. The van der Waals surface area contributed by atoms with Gasteiger partial charge in [0.2, 0.25) is 11.8 Å². The topological polar surface area (TPSA) is 75.4 Å². The van der Waals surface area contributed by atoms with E-state index in [9.17, 15) is 9.59 Å². The van der Waals surface area contributed by atoms with Crippen molar-refractivity contribution in [3.8, 4) is 0 Å². The van der Waals surface area contributed by atoms with Crippen LogP contribution in [-0.4, -0.2) is 35.8 Å². The highest BCUT2D eigenvalue weighted by molar-refractivity contribution is 5.81. The number of rotatable bonds is 4. The second-order valence-corrected chi connectivity index (χ2v) is 6.36. The minimum Gasteiger partial charge on any atom is -0.399 e. The smallest absolute Gasteiger partial charge is 0.226 e. The second kappa shape index (κ2) is 6.38. The number of hydrogen-bond acceptors (Lipinski definition) is 3. The Bertz CT molecular complexity index is 544. The molecule has 1 aliphatic heterocycles. The Labute approximate surface area is 130 Å². The molecule has 3 rings (SSSR count). The highest BCUT2D eigenvalue weighted by Gasteiger charge is 2.32. The van der Waals surface area contributed by atoms with Gasteiger partial charge in [-0.15, -0.1) is 0 Å². The molecular weight excluding hydrogens is 278 g/mol. The van der Waals surface area contributed by atoms with Crippen molar-refractivity contribution in [2.45, 2.75) is 38.1 Å². The summed E-state index contributed by atoms with van der Waals surface area (Å²) < 4.78 is 0. The molecule has 0 aromatic heterocycles. The molecular formula is C17H23N3O2. The molecule has 0 radical (unpaired) electrons. The Morgan fingerprint density at radius 2 is 1.73 bits per heavy atom. The highest BCUT2D eigenvalue weighted by atomic mass is 16.2. The van der Waals surface area contributed by atoms with Crippen molar-refractivity contribution in [1.82, 2.24) is 10.2 Å². The van der Waals surface area contributed by atoms with Crippen molar-refractivity contribution in [2.24, 2.45) is 5.92 Å². The molecule has 5 nitrogen and oxygen atoms in total. The summed E-state index contributed by atoms with van der Waals surface area (Å²) >= 11 is 0. The number of piperidine rings is 1. The van der Waals surface area contributed by atoms with Crippen molar-refractivity contribution in [1.29, 1.82) is 0 Å². The molecule has 0 unspecified atom stereocenters. The van der Waals surface area contributed by atoms with E-state index in [-0.39, 0.29) is 23.8 Å². The zero-order valence-corrected chi connectivity index (χ0v) is 12.8. The van der Waals surface area contributed by atoms with Crippen LogP contribution in [0.2, 0.25) is 0 Å². The SMILES string of the molecule is Nc1ccc(CC(=O)N2CCC(NC(=O)C3CC3)CC2)cc1. The molecule has 1 saturated heterocycles. The van der Waals surface area contributed by atoms with Crippen LogP contribution in [0.1, 0.15) is 31.2 Å². The van der Waals surface area contributed by atoms with Gasteiger partial charge in [0.05, 0.1) is 6.42 Å². The number of anilines is 1. The van der Waals surface area contributed by atoms with Crippen LogP contribution in [0.3, 0.4) is 0 Å².